The van der Waals surface area contributed by atoms with Crippen molar-refractivity contribution in [1.29, 1.82) is 0 Å². The number of ether oxygens (including phenoxy) is 3. The van der Waals surface area contributed by atoms with Crippen molar-refractivity contribution in [2.75, 3.05) is 14.2 Å². The van der Waals surface area contributed by atoms with Gasteiger partial charge in [-0.15, -0.1) is 0 Å². The summed E-state index contributed by atoms with van der Waals surface area (Å²) in [7, 11) is -1.01. The van der Waals surface area contributed by atoms with Gasteiger partial charge in [-0.05, 0) is 43.9 Å². The van der Waals surface area contributed by atoms with E-state index in [1.807, 2.05) is 0 Å². The van der Waals surface area contributed by atoms with Crippen molar-refractivity contribution >= 4 is 10.0 Å². The molecule has 10 heteroatoms. The summed E-state index contributed by atoms with van der Waals surface area (Å²) >= 11 is 0. The van der Waals surface area contributed by atoms with Gasteiger partial charge >= 0.3 is 0 Å². The third-order valence-corrected chi connectivity index (χ3v) is 6.05. The van der Waals surface area contributed by atoms with Gasteiger partial charge in [-0.25, -0.2) is 27.5 Å². The number of hydrogen-bond donors (Lipinski definition) is 1. The summed E-state index contributed by atoms with van der Waals surface area (Å²) in [4.78, 5) is 8.02. The molecule has 0 radical (unpaired) electrons. The molecule has 2 aromatic rings. The highest BCUT2D eigenvalue weighted by atomic mass is 32.2. The number of aromatic nitrogens is 2. The molecule has 152 valence electrons. The highest BCUT2D eigenvalue weighted by molar-refractivity contribution is 7.89. The fourth-order valence-corrected chi connectivity index (χ4v) is 4.41. The Morgan fingerprint density at radius 3 is 2.32 bits per heavy atom. The zero-order chi connectivity index (χ0) is 20.1. The Labute approximate surface area is 163 Å². The first kappa shape index (κ1) is 20.3. The van der Waals surface area contributed by atoms with E-state index in [0.29, 0.717) is 37.4 Å². The SMILES string of the molecule is COc1ccc(S(=O)(=O)NC2CCC(Oc3nccnc3OC)CC2)cc1F. The summed E-state index contributed by atoms with van der Waals surface area (Å²) < 4.78 is 57.3. The fraction of sp³-hybridized carbons (Fsp3) is 0.444. The highest BCUT2D eigenvalue weighted by Gasteiger charge is 2.28. The average molecular weight is 411 g/mol. The summed E-state index contributed by atoms with van der Waals surface area (Å²) in [5.74, 6) is -0.0916. The minimum absolute atomic E-state index is 0.00366. The summed E-state index contributed by atoms with van der Waals surface area (Å²) in [6.45, 7) is 0. The Hall–Kier alpha value is -2.46. The van der Waals surface area contributed by atoms with Gasteiger partial charge in [-0.3, -0.25) is 0 Å². The minimum Gasteiger partial charge on any atom is -0.494 e. The van der Waals surface area contributed by atoms with Crippen LogP contribution in [0.1, 0.15) is 25.7 Å². The van der Waals surface area contributed by atoms with Gasteiger partial charge in [0.15, 0.2) is 11.6 Å². The molecule has 1 aromatic carbocycles. The number of halogens is 1. The zero-order valence-corrected chi connectivity index (χ0v) is 16.4. The van der Waals surface area contributed by atoms with Crippen LogP contribution in [0.4, 0.5) is 4.39 Å². The molecule has 1 aliphatic carbocycles. The Morgan fingerprint density at radius 2 is 1.71 bits per heavy atom. The number of nitrogens with one attached hydrogen (secondary N) is 1. The lowest BCUT2D eigenvalue weighted by atomic mass is 9.94. The van der Waals surface area contributed by atoms with Crippen LogP contribution in [0.3, 0.4) is 0 Å². The monoisotopic (exact) mass is 411 g/mol. The van der Waals surface area contributed by atoms with Gasteiger partial charge in [-0.2, -0.15) is 0 Å². The normalized spacial score (nSPS) is 19.8. The predicted molar refractivity (Wildman–Crippen MR) is 98.5 cm³/mol. The smallest absolute Gasteiger partial charge is 0.278 e. The van der Waals surface area contributed by atoms with Crippen molar-refractivity contribution in [2.24, 2.45) is 0 Å². The van der Waals surface area contributed by atoms with E-state index in [0.717, 1.165) is 6.07 Å². The van der Waals surface area contributed by atoms with Crippen molar-refractivity contribution in [1.82, 2.24) is 14.7 Å². The molecular weight excluding hydrogens is 389 g/mol. The number of methoxy groups -OCH3 is 2. The van der Waals surface area contributed by atoms with Gasteiger partial charge in [0, 0.05) is 18.4 Å². The number of rotatable bonds is 7. The maximum atomic E-state index is 13.8. The molecule has 0 aliphatic heterocycles. The second-order valence-corrected chi connectivity index (χ2v) is 8.09. The van der Waals surface area contributed by atoms with Crippen LogP contribution in [0.25, 0.3) is 0 Å². The Balaban J connectivity index is 1.58. The zero-order valence-electron chi connectivity index (χ0n) is 15.6. The van der Waals surface area contributed by atoms with Crippen LogP contribution in [0.2, 0.25) is 0 Å². The molecule has 1 heterocycles. The summed E-state index contributed by atoms with van der Waals surface area (Å²) in [6.07, 6.45) is 5.39. The van der Waals surface area contributed by atoms with E-state index in [1.165, 1.54) is 38.7 Å². The number of hydrogen-bond acceptors (Lipinski definition) is 7. The molecule has 0 unspecified atom stereocenters. The summed E-state index contributed by atoms with van der Waals surface area (Å²) in [6, 6.07) is 3.32. The first-order valence-electron chi connectivity index (χ1n) is 8.80. The molecule has 28 heavy (non-hydrogen) atoms. The van der Waals surface area contributed by atoms with Crippen LogP contribution in [-0.2, 0) is 10.0 Å². The van der Waals surface area contributed by atoms with Gasteiger partial charge in [0.25, 0.3) is 11.8 Å². The fourth-order valence-electron chi connectivity index (χ4n) is 3.09. The van der Waals surface area contributed by atoms with Gasteiger partial charge in [0.1, 0.15) is 6.10 Å². The van der Waals surface area contributed by atoms with Gasteiger partial charge in [-0.1, -0.05) is 0 Å². The van der Waals surface area contributed by atoms with E-state index in [9.17, 15) is 12.8 Å². The number of nitrogens with zero attached hydrogens (tertiary/aromatic N) is 2. The van der Waals surface area contributed by atoms with Crippen molar-refractivity contribution < 1.29 is 27.0 Å². The molecule has 1 aromatic heterocycles. The topological polar surface area (TPSA) is 99.6 Å². The summed E-state index contributed by atoms with van der Waals surface area (Å²) in [5.41, 5.74) is 0. The van der Waals surface area contributed by atoms with Crippen molar-refractivity contribution in [2.45, 2.75) is 42.7 Å². The average Bonchev–Trinajstić information content (AvgIpc) is 2.69. The van der Waals surface area contributed by atoms with Gasteiger partial charge in [0.2, 0.25) is 10.0 Å². The second-order valence-electron chi connectivity index (χ2n) is 6.38. The number of sulfonamides is 1. The Bertz CT molecular complexity index is 917. The van der Waals surface area contributed by atoms with E-state index in [1.54, 1.807) is 0 Å². The van der Waals surface area contributed by atoms with E-state index in [4.69, 9.17) is 14.2 Å². The van der Waals surface area contributed by atoms with Crippen LogP contribution in [-0.4, -0.2) is 44.8 Å². The lowest BCUT2D eigenvalue weighted by Crippen LogP contribution is -2.39. The van der Waals surface area contributed by atoms with E-state index in [2.05, 4.69) is 14.7 Å². The maximum absolute atomic E-state index is 13.8. The lowest BCUT2D eigenvalue weighted by molar-refractivity contribution is 0.132. The van der Waals surface area contributed by atoms with Crippen LogP contribution in [0, 0.1) is 5.82 Å². The van der Waals surface area contributed by atoms with Gasteiger partial charge in [0.05, 0.1) is 19.1 Å². The molecule has 0 saturated heterocycles. The van der Waals surface area contributed by atoms with E-state index in [-0.39, 0.29) is 22.8 Å². The van der Waals surface area contributed by atoms with Crippen LogP contribution >= 0.6 is 0 Å². The molecule has 1 aliphatic rings. The van der Waals surface area contributed by atoms with Crippen molar-refractivity contribution in [3.8, 4) is 17.5 Å². The van der Waals surface area contributed by atoms with E-state index < -0.39 is 15.8 Å². The molecule has 0 bridgehead atoms. The molecule has 0 amide bonds. The third-order valence-electron chi connectivity index (χ3n) is 4.53. The molecule has 0 spiro atoms. The predicted octanol–water partition coefficient (Wildman–Crippen LogP) is 2.30. The Kier molecular flexibility index (Phi) is 6.30. The second kappa shape index (κ2) is 8.70. The molecule has 1 saturated carbocycles. The minimum atomic E-state index is -3.82. The third kappa shape index (κ3) is 4.68. The van der Waals surface area contributed by atoms with Crippen molar-refractivity contribution in [3.63, 3.8) is 0 Å². The van der Waals surface area contributed by atoms with Crippen LogP contribution in [0.5, 0.6) is 17.5 Å². The molecular formula is C18H22FN3O5S. The molecule has 1 fully saturated rings. The van der Waals surface area contributed by atoms with Crippen LogP contribution < -0.4 is 18.9 Å². The standard InChI is InChI=1S/C18H22FN3O5S/c1-25-16-8-7-14(11-15(16)19)28(23,24)22-12-3-5-13(6-4-12)27-18-17(26-2)20-9-10-21-18/h7-13,22H,3-6H2,1-2H3. The quantitative estimate of drug-likeness (QED) is 0.746. The molecule has 8 nitrogen and oxygen atoms in total. The van der Waals surface area contributed by atoms with E-state index >= 15 is 0 Å². The first-order chi connectivity index (χ1) is 13.4. The summed E-state index contributed by atoms with van der Waals surface area (Å²) in [5, 5.41) is 0. The first-order valence-corrected chi connectivity index (χ1v) is 10.3. The largest absolute Gasteiger partial charge is 0.494 e. The van der Waals surface area contributed by atoms with Crippen molar-refractivity contribution in [3.05, 3.63) is 36.4 Å². The lowest BCUT2D eigenvalue weighted by Gasteiger charge is -2.29. The highest BCUT2D eigenvalue weighted by Crippen LogP contribution is 2.28. The maximum Gasteiger partial charge on any atom is 0.278 e. The Morgan fingerprint density at radius 1 is 1.04 bits per heavy atom. The molecule has 0 atom stereocenters. The molecule has 3 rings (SSSR count). The number of benzene rings is 1. The molecule has 1 N–H and O–H groups in total. The van der Waals surface area contributed by atoms with Gasteiger partial charge < -0.3 is 14.2 Å². The van der Waals surface area contributed by atoms with Crippen LogP contribution in [0.15, 0.2) is 35.5 Å².